The predicted molar refractivity (Wildman–Crippen MR) is 79.3 cm³/mol. The lowest BCUT2D eigenvalue weighted by Gasteiger charge is -2.06. The van der Waals surface area contributed by atoms with Crippen molar-refractivity contribution in [1.29, 1.82) is 0 Å². The fraction of sp³-hybridized carbons (Fsp3) is 0.250. The van der Waals surface area contributed by atoms with Gasteiger partial charge in [-0.2, -0.15) is 0 Å². The molecular formula is C16H18O6. The van der Waals surface area contributed by atoms with Crippen molar-refractivity contribution in [3.05, 3.63) is 61.1 Å². The van der Waals surface area contributed by atoms with Gasteiger partial charge in [-0.1, -0.05) is 13.2 Å². The van der Waals surface area contributed by atoms with Gasteiger partial charge in [0.05, 0.1) is 23.7 Å². The molecule has 0 aliphatic rings. The third kappa shape index (κ3) is 6.13. The third-order valence-electron chi connectivity index (χ3n) is 2.46. The minimum atomic E-state index is -0.494. The van der Waals surface area contributed by atoms with Gasteiger partial charge in [0.1, 0.15) is 26.4 Å². The molecule has 6 nitrogen and oxygen atoms in total. The van der Waals surface area contributed by atoms with Crippen LogP contribution in [0.3, 0.4) is 0 Å². The molecule has 0 heterocycles. The first-order chi connectivity index (χ1) is 10.7. The second-order valence-corrected chi connectivity index (χ2v) is 3.92. The van der Waals surface area contributed by atoms with Crippen LogP contribution in [0, 0.1) is 0 Å². The number of hydrogen-bond acceptors (Lipinski definition) is 6. The zero-order valence-electron chi connectivity index (χ0n) is 12.2. The van der Waals surface area contributed by atoms with E-state index in [1.54, 1.807) is 0 Å². The maximum atomic E-state index is 11.7. The molecule has 118 valence electrons. The number of benzene rings is 1. The molecule has 0 atom stereocenters. The lowest BCUT2D eigenvalue weighted by Crippen LogP contribution is -2.11. The van der Waals surface area contributed by atoms with E-state index in [1.807, 2.05) is 0 Å². The molecule has 0 radical (unpaired) electrons. The molecule has 6 heteroatoms. The number of carbonyl (C=O) groups is 2. The van der Waals surface area contributed by atoms with Crippen LogP contribution >= 0.6 is 0 Å². The molecule has 1 rings (SSSR count). The van der Waals surface area contributed by atoms with Gasteiger partial charge in [0.25, 0.3) is 0 Å². The smallest absolute Gasteiger partial charge is 0.338 e. The summed E-state index contributed by atoms with van der Waals surface area (Å²) in [6.07, 6.45) is 2.54. The Bertz CT molecular complexity index is 459. The Balaban J connectivity index is 2.44. The minimum absolute atomic E-state index is 0.123. The molecule has 0 saturated heterocycles. The lowest BCUT2D eigenvalue weighted by atomic mass is 10.1. The van der Waals surface area contributed by atoms with Crippen molar-refractivity contribution < 1.29 is 28.5 Å². The van der Waals surface area contributed by atoms with Gasteiger partial charge in [0.2, 0.25) is 0 Å². The largest absolute Gasteiger partial charge is 0.498 e. The normalized spacial score (nSPS) is 9.45. The molecule has 0 saturated carbocycles. The van der Waals surface area contributed by atoms with Gasteiger partial charge in [0, 0.05) is 0 Å². The zero-order chi connectivity index (χ0) is 16.2. The molecule has 0 fully saturated rings. The van der Waals surface area contributed by atoms with Gasteiger partial charge < -0.3 is 18.9 Å². The first kappa shape index (κ1) is 17.3. The first-order valence-electron chi connectivity index (χ1n) is 6.58. The highest BCUT2D eigenvalue weighted by Gasteiger charge is 2.10. The van der Waals surface area contributed by atoms with Crippen LogP contribution in [-0.2, 0) is 18.9 Å². The Morgan fingerprint density at radius 1 is 0.773 bits per heavy atom. The van der Waals surface area contributed by atoms with Crippen LogP contribution < -0.4 is 0 Å². The number of carbonyl (C=O) groups excluding carboxylic acids is 2. The van der Waals surface area contributed by atoms with Crippen molar-refractivity contribution in [2.75, 3.05) is 26.4 Å². The number of esters is 2. The Hall–Kier alpha value is -2.76. The van der Waals surface area contributed by atoms with E-state index < -0.39 is 11.9 Å². The third-order valence-corrected chi connectivity index (χ3v) is 2.46. The molecule has 0 aromatic heterocycles. The topological polar surface area (TPSA) is 71.1 Å². The standard InChI is InChI=1S/C16H18O6/c1-3-19-9-11-21-15(17)13-5-7-14(8-6-13)16(18)22-12-10-20-4-2/h3-8H,1-2,9-12H2. The summed E-state index contributed by atoms with van der Waals surface area (Å²) in [5.41, 5.74) is 0.676. The monoisotopic (exact) mass is 306 g/mol. The summed E-state index contributed by atoms with van der Waals surface area (Å²) in [5, 5.41) is 0. The van der Waals surface area contributed by atoms with Crippen molar-refractivity contribution in [3.63, 3.8) is 0 Å². The van der Waals surface area contributed by atoms with E-state index in [9.17, 15) is 9.59 Å². The molecule has 0 aliphatic carbocycles. The molecule has 22 heavy (non-hydrogen) atoms. The van der Waals surface area contributed by atoms with Crippen LogP contribution in [0.25, 0.3) is 0 Å². The van der Waals surface area contributed by atoms with Gasteiger partial charge in [-0.3, -0.25) is 0 Å². The molecule has 0 N–H and O–H groups in total. The van der Waals surface area contributed by atoms with Crippen molar-refractivity contribution >= 4 is 11.9 Å². The summed E-state index contributed by atoms with van der Waals surface area (Å²) in [6, 6.07) is 5.97. The lowest BCUT2D eigenvalue weighted by molar-refractivity contribution is 0.0408. The predicted octanol–water partition coefficient (Wildman–Crippen LogP) is 2.32. The fourth-order valence-corrected chi connectivity index (χ4v) is 1.44. The highest BCUT2D eigenvalue weighted by Crippen LogP contribution is 2.07. The van der Waals surface area contributed by atoms with Gasteiger partial charge >= 0.3 is 11.9 Å². The van der Waals surface area contributed by atoms with E-state index in [4.69, 9.17) is 18.9 Å². The molecule has 1 aromatic carbocycles. The van der Waals surface area contributed by atoms with Crippen LogP contribution in [-0.4, -0.2) is 38.4 Å². The quantitative estimate of drug-likeness (QED) is 0.375. The number of ether oxygens (including phenoxy) is 4. The van der Waals surface area contributed by atoms with Crippen LogP contribution in [0.15, 0.2) is 49.9 Å². The zero-order valence-corrected chi connectivity index (χ0v) is 12.2. The summed E-state index contributed by atoms with van der Waals surface area (Å²) >= 11 is 0. The minimum Gasteiger partial charge on any atom is -0.498 e. The summed E-state index contributed by atoms with van der Waals surface area (Å²) < 4.78 is 19.6. The Morgan fingerprint density at radius 3 is 1.45 bits per heavy atom. The van der Waals surface area contributed by atoms with Gasteiger partial charge in [-0.05, 0) is 24.3 Å². The second-order valence-electron chi connectivity index (χ2n) is 3.92. The van der Waals surface area contributed by atoms with Crippen LogP contribution in [0.5, 0.6) is 0 Å². The first-order valence-corrected chi connectivity index (χ1v) is 6.58. The Labute approximate surface area is 128 Å². The van der Waals surface area contributed by atoms with Crippen LogP contribution in [0.2, 0.25) is 0 Å². The van der Waals surface area contributed by atoms with E-state index >= 15 is 0 Å². The van der Waals surface area contributed by atoms with E-state index in [0.717, 1.165) is 0 Å². The molecule has 1 aromatic rings. The summed E-state index contributed by atoms with van der Waals surface area (Å²) in [5.74, 6) is -0.987. The maximum Gasteiger partial charge on any atom is 0.338 e. The average Bonchev–Trinajstić information content (AvgIpc) is 2.55. The Morgan fingerprint density at radius 2 is 1.14 bits per heavy atom. The second kappa shape index (κ2) is 10.0. The highest BCUT2D eigenvalue weighted by molar-refractivity contribution is 5.93. The molecule has 0 aliphatic heterocycles. The fourth-order valence-electron chi connectivity index (χ4n) is 1.44. The van der Waals surface area contributed by atoms with Crippen molar-refractivity contribution in [1.82, 2.24) is 0 Å². The molecular weight excluding hydrogens is 288 g/mol. The van der Waals surface area contributed by atoms with Crippen molar-refractivity contribution in [2.45, 2.75) is 0 Å². The SMILES string of the molecule is C=COCCOC(=O)c1ccc(C(=O)OCCOC=C)cc1. The van der Waals surface area contributed by atoms with Crippen LogP contribution in [0.4, 0.5) is 0 Å². The van der Waals surface area contributed by atoms with E-state index in [1.165, 1.54) is 36.8 Å². The summed E-state index contributed by atoms with van der Waals surface area (Å²) in [4.78, 5) is 23.4. The molecule has 0 bridgehead atoms. The van der Waals surface area contributed by atoms with Crippen molar-refractivity contribution in [2.24, 2.45) is 0 Å². The summed E-state index contributed by atoms with van der Waals surface area (Å²) in [7, 11) is 0. The highest BCUT2D eigenvalue weighted by atomic mass is 16.6. The number of rotatable bonds is 10. The van der Waals surface area contributed by atoms with Gasteiger partial charge in [-0.25, -0.2) is 9.59 Å². The molecule has 0 unspecified atom stereocenters. The molecule has 0 amide bonds. The van der Waals surface area contributed by atoms with E-state index in [-0.39, 0.29) is 26.4 Å². The number of hydrogen-bond donors (Lipinski definition) is 0. The van der Waals surface area contributed by atoms with Crippen LogP contribution in [0.1, 0.15) is 20.7 Å². The average molecular weight is 306 g/mol. The molecule has 0 spiro atoms. The van der Waals surface area contributed by atoms with Gasteiger partial charge in [-0.15, -0.1) is 0 Å². The van der Waals surface area contributed by atoms with E-state index in [0.29, 0.717) is 11.1 Å². The summed E-state index contributed by atoms with van der Waals surface area (Å²) in [6.45, 7) is 7.48. The van der Waals surface area contributed by atoms with Crippen molar-refractivity contribution in [3.8, 4) is 0 Å². The van der Waals surface area contributed by atoms with Gasteiger partial charge in [0.15, 0.2) is 0 Å². The van der Waals surface area contributed by atoms with E-state index in [2.05, 4.69) is 13.2 Å². The Kier molecular flexibility index (Phi) is 7.89. The maximum absolute atomic E-state index is 11.7.